The Labute approximate surface area is 255 Å². The minimum atomic E-state index is -3.82. The first-order valence-corrected chi connectivity index (χ1v) is 16.3. The van der Waals surface area contributed by atoms with Crippen LogP contribution in [0.4, 0.5) is 4.79 Å². The van der Waals surface area contributed by atoms with Gasteiger partial charge >= 0.3 is 12.1 Å². The van der Waals surface area contributed by atoms with Crippen molar-refractivity contribution in [2.24, 2.45) is 0 Å². The summed E-state index contributed by atoms with van der Waals surface area (Å²) in [6, 6.07) is 11.7. The second-order valence-corrected chi connectivity index (χ2v) is 13.8. The van der Waals surface area contributed by atoms with Crippen LogP contribution in [0, 0.1) is 0 Å². The number of sulfonamides is 1. The Balaban J connectivity index is 1.63. The topological polar surface area (TPSA) is 133 Å². The van der Waals surface area contributed by atoms with E-state index in [0.29, 0.717) is 4.90 Å². The van der Waals surface area contributed by atoms with Gasteiger partial charge in [-0.15, -0.1) is 0 Å². The Morgan fingerprint density at radius 1 is 0.884 bits per heavy atom. The van der Waals surface area contributed by atoms with E-state index in [0.717, 1.165) is 22.3 Å². The van der Waals surface area contributed by atoms with E-state index in [-0.39, 0.29) is 69.3 Å². The van der Waals surface area contributed by atoms with Gasteiger partial charge in [0.2, 0.25) is 15.9 Å². The zero-order valence-corrected chi connectivity index (χ0v) is 26.8. The van der Waals surface area contributed by atoms with Crippen LogP contribution in [0.15, 0.2) is 47.4 Å². The van der Waals surface area contributed by atoms with Gasteiger partial charge in [-0.1, -0.05) is 84.0 Å². The number of alkyl carbamates (subject to hydrolysis) is 1. The Morgan fingerprint density at radius 3 is 1.93 bits per heavy atom. The first-order chi connectivity index (χ1) is 20.2. The van der Waals surface area contributed by atoms with Gasteiger partial charge in [0.05, 0.1) is 4.90 Å². The molecule has 0 aliphatic carbocycles. The molecule has 236 valence electrons. The number of rotatable bonds is 12. The van der Waals surface area contributed by atoms with Crippen molar-refractivity contribution < 1.29 is 32.6 Å². The molecule has 1 aliphatic rings. The summed E-state index contributed by atoms with van der Waals surface area (Å²) in [5, 5.41) is 11.9. The normalized spacial score (nSPS) is 15.1. The van der Waals surface area contributed by atoms with Crippen LogP contribution in [-0.2, 0) is 31.0 Å². The lowest BCUT2D eigenvalue weighted by atomic mass is 9.89. The number of nitrogens with zero attached hydrogens (tertiary/aromatic N) is 2. The number of carbonyl (C=O) groups is 3. The van der Waals surface area contributed by atoms with E-state index in [4.69, 9.17) is 4.74 Å². The molecule has 0 aromatic heterocycles. The van der Waals surface area contributed by atoms with Crippen LogP contribution in [0.2, 0.25) is 0 Å². The van der Waals surface area contributed by atoms with Crippen molar-refractivity contribution in [2.75, 3.05) is 26.2 Å². The first kappa shape index (κ1) is 34.1. The van der Waals surface area contributed by atoms with E-state index in [1.807, 2.05) is 45.9 Å². The maximum Gasteiger partial charge on any atom is 0.408 e. The van der Waals surface area contributed by atoms with Gasteiger partial charge in [-0.25, -0.2) is 18.0 Å². The first-order valence-electron chi connectivity index (χ1n) is 14.9. The van der Waals surface area contributed by atoms with E-state index in [1.165, 1.54) is 4.31 Å². The second-order valence-electron chi connectivity index (χ2n) is 11.9. The quantitative estimate of drug-likeness (QED) is 0.341. The average Bonchev–Trinajstić information content (AvgIpc) is 2.97. The summed E-state index contributed by atoms with van der Waals surface area (Å²) < 4.78 is 34.6. The molecule has 0 radical (unpaired) electrons. The standard InChI is InChI=1S/C32H45N3O7S/c1-21(2)25-18-26(22(3)4)30(27(19-25)23(5)6)43(40,41)35-16-14-34(15-17-35)29(36)13-12-28(31(37)38)33-32(39)42-20-24-10-8-7-9-11-24/h7-11,18-19,21-23,28H,12-17,20H2,1-6H3,(H,33,39)(H,37,38)/t28-/m0/s1. The van der Waals surface area contributed by atoms with Crippen molar-refractivity contribution in [3.8, 4) is 0 Å². The molecule has 1 heterocycles. The number of ether oxygens (including phenoxy) is 1. The van der Waals surface area contributed by atoms with Crippen LogP contribution in [-0.4, -0.2) is 72.9 Å². The molecule has 2 aromatic carbocycles. The molecular formula is C32H45N3O7S. The fourth-order valence-electron chi connectivity index (χ4n) is 5.08. The number of carbonyl (C=O) groups excluding carboxylic acids is 2. The average molecular weight is 616 g/mol. The lowest BCUT2D eigenvalue weighted by Crippen LogP contribution is -2.51. The number of amides is 2. The summed E-state index contributed by atoms with van der Waals surface area (Å²) in [6.07, 6.45) is -1.12. The minimum Gasteiger partial charge on any atom is -0.480 e. The summed E-state index contributed by atoms with van der Waals surface area (Å²) in [5.41, 5.74) is 3.49. The summed E-state index contributed by atoms with van der Waals surface area (Å²) in [4.78, 5) is 38.8. The third-order valence-electron chi connectivity index (χ3n) is 7.72. The molecule has 1 aliphatic heterocycles. The molecule has 0 bridgehead atoms. The molecule has 1 saturated heterocycles. The molecule has 2 amide bonds. The highest BCUT2D eigenvalue weighted by molar-refractivity contribution is 7.89. The Kier molecular flexibility index (Phi) is 11.7. The highest BCUT2D eigenvalue weighted by Gasteiger charge is 2.35. The predicted octanol–water partition coefficient (Wildman–Crippen LogP) is 5.05. The molecule has 1 atom stereocenters. The van der Waals surface area contributed by atoms with E-state index < -0.39 is 28.1 Å². The van der Waals surface area contributed by atoms with E-state index in [1.54, 1.807) is 29.2 Å². The highest BCUT2D eigenvalue weighted by atomic mass is 32.2. The third kappa shape index (κ3) is 8.79. The zero-order valence-electron chi connectivity index (χ0n) is 26.0. The van der Waals surface area contributed by atoms with Crippen molar-refractivity contribution in [1.29, 1.82) is 0 Å². The number of piperazine rings is 1. The number of nitrogens with one attached hydrogen (secondary N) is 1. The van der Waals surface area contributed by atoms with E-state index >= 15 is 0 Å². The van der Waals surface area contributed by atoms with E-state index in [2.05, 4.69) is 19.2 Å². The van der Waals surface area contributed by atoms with Crippen molar-refractivity contribution in [3.05, 3.63) is 64.7 Å². The van der Waals surface area contributed by atoms with Gasteiger partial charge in [-0.3, -0.25) is 4.79 Å². The molecule has 0 saturated carbocycles. The maximum absolute atomic E-state index is 14.0. The summed E-state index contributed by atoms with van der Waals surface area (Å²) in [7, 11) is -3.82. The van der Waals surface area contributed by atoms with E-state index in [9.17, 15) is 27.9 Å². The van der Waals surface area contributed by atoms with Crippen molar-refractivity contribution >= 4 is 28.0 Å². The molecule has 3 rings (SSSR count). The Morgan fingerprint density at radius 2 is 1.44 bits per heavy atom. The fourth-order valence-corrected chi connectivity index (χ4v) is 7.17. The SMILES string of the molecule is CC(C)c1cc(C(C)C)c(S(=O)(=O)N2CCN(C(=O)CC[C@H](NC(=O)OCc3ccccc3)C(=O)O)CC2)c(C(C)C)c1. The molecule has 2 N–H and O–H groups in total. The largest absolute Gasteiger partial charge is 0.480 e. The van der Waals surface area contributed by atoms with Crippen LogP contribution >= 0.6 is 0 Å². The number of hydrogen-bond acceptors (Lipinski definition) is 6. The van der Waals surface area contributed by atoms with Crippen LogP contribution < -0.4 is 5.32 Å². The monoisotopic (exact) mass is 615 g/mol. The molecule has 1 fully saturated rings. The lowest BCUT2D eigenvalue weighted by Gasteiger charge is -2.35. The van der Waals surface area contributed by atoms with Gasteiger partial charge in [-0.2, -0.15) is 4.31 Å². The van der Waals surface area contributed by atoms with Gasteiger partial charge in [0.1, 0.15) is 12.6 Å². The summed E-state index contributed by atoms with van der Waals surface area (Å²) in [5.74, 6) is -1.29. The number of aliphatic carboxylic acids is 1. The minimum absolute atomic E-state index is 0.00949. The van der Waals surface area contributed by atoms with Crippen LogP contribution in [0.25, 0.3) is 0 Å². The Hall–Kier alpha value is -3.44. The summed E-state index contributed by atoms with van der Waals surface area (Å²) in [6.45, 7) is 12.9. The lowest BCUT2D eigenvalue weighted by molar-refractivity contribution is -0.140. The van der Waals surface area contributed by atoms with Crippen LogP contribution in [0.1, 0.15) is 94.4 Å². The molecule has 0 unspecified atom stereocenters. The van der Waals surface area contributed by atoms with Crippen LogP contribution in [0.3, 0.4) is 0 Å². The molecule has 10 nitrogen and oxygen atoms in total. The fraction of sp³-hybridized carbons (Fsp3) is 0.531. The Bertz CT molecular complexity index is 1350. The van der Waals surface area contributed by atoms with Gasteiger partial charge in [0.15, 0.2) is 0 Å². The van der Waals surface area contributed by atoms with Crippen molar-refractivity contribution in [3.63, 3.8) is 0 Å². The predicted molar refractivity (Wildman–Crippen MR) is 164 cm³/mol. The number of carboxylic acid groups (broad SMARTS) is 1. The molecule has 11 heteroatoms. The third-order valence-corrected chi connectivity index (χ3v) is 9.75. The van der Waals surface area contributed by atoms with Crippen LogP contribution in [0.5, 0.6) is 0 Å². The van der Waals surface area contributed by atoms with Gasteiger partial charge in [-0.05, 0) is 46.4 Å². The smallest absolute Gasteiger partial charge is 0.408 e. The maximum atomic E-state index is 14.0. The zero-order chi connectivity index (χ0) is 31.9. The number of benzene rings is 2. The molecule has 2 aromatic rings. The summed E-state index contributed by atoms with van der Waals surface area (Å²) >= 11 is 0. The molecule has 43 heavy (non-hydrogen) atoms. The highest BCUT2D eigenvalue weighted by Crippen LogP contribution is 2.37. The molecule has 0 spiro atoms. The van der Waals surface area contributed by atoms with Gasteiger partial charge in [0.25, 0.3) is 0 Å². The van der Waals surface area contributed by atoms with Gasteiger partial charge in [0, 0.05) is 32.6 Å². The van der Waals surface area contributed by atoms with Gasteiger partial charge < -0.3 is 20.1 Å². The molecular weight excluding hydrogens is 570 g/mol. The number of carboxylic acids is 1. The van der Waals surface area contributed by atoms with Crippen molar-refractivity contribution in [2.45, 2.75) is 89.7 Å². The second kappa shape index (κ2) is 14.8. The number of hydrogen-bond donors (Lipinski definition) is 2. The van der Waals surface area contributed by atoms with Crippen molar-refractivity contribution in [1.82, 2.24) is 14.5 Å².